The molecule has 4 rings (SSSR count). The van der Waals surface area contributed by atoms with Gasteiger partial charge in [-0.2, -0.15) is 0 Å². The summed E-state index contributed by atoms with van der Waals surface area (Å²) in [5, 5.41) is 0. The van der Waals surface area contributed by atoms with Gasteiger partial charge in [0.15, 0.2) is 0 Å². The van der Waals surface area contributed by atoms with Crippen LogP contribution < -0.4 is 9.80 Å². The molecule has 2 saturated heterocycles. The van der Waals surface area contributed by atoms with E-state index in [9.17, 15) is 14.0 Å². The van der Waals surface area contributed by atoms with Gasteiger partial charge in [0.05, 0.1) is 17.3 Å². The first-order valence-electron chi connectivity index (χ1n) is 9.38. The Morgan fingerprint density at radius 3 is 2.29 bits per heavy atom. The molecule has 0 radical (unpaired) electrons. The molecular weight excluding hydrogens is 425 g/mol. The minimum Gasteiger partial charge on any atom is -0.366 e. The number of hydrogen-bond acceptors (Lipinski definition) is 3. The van der Waals surface area contributed by atoms with Gasteiger partial charge in [-0.3, -0.25) is 9.59 Å². The van der Waals surface area contributed by atoms with Crippen LogP contribution in [0.15, 0.2) is 53.0 Å². The first kappa shape index (κ1) is 18.9. The topological polar surface area (TPSA) is 43.9 Å². The molecule has 0 bridgehead atoms. The summed E-state index contributed by atoms with van der Waals surface area (Å²) in [4.78, 5) is 30.9. The van der Waals surface area contributed by atoms with Crippen LogP contribution in [0.1, 0.15) is 6.42 Å². The normalized spacial score (nSPS) is 20.0. The maximum Gasteiger partial charge on any atom is 0.228 e. The van der Waals surface area contributed by atoms with Crippen molar-refractivity contribution >= 4 is 39.1 Å². The Hall–Kier alpha value is -2.41. The number of amides is 2. The molecule has 2 aromatic rings. The molecule has 2 fully saturated rings. The molecule has 2 amide bonds. The number of carbonyl (C=O) groups is 2. The minimum atomic E-state index is -0.334. The fourth-order valence-corrected chi connectivity index (χ4v) is 4.41. The van der Waals surface area contributed by atoms with Crippen molar-refractivity contribution in [1.29, 1.82) is 0 Å². The van der Waals surface area contributed by atoms with E-state index in [-0.39, 0.29) is 30.0 Å². The molecule has 2 aromatic carbocycles. The zero-order valence-electron chi connectivity index (χ0n) is 15.4. The number of para-hydroxylation sites is 2. The van der Waals surface area contributed by atoms with Crippen LogP contribution in [0.25, 0.3) is 0 Å². The highest BCUT2D eigenvalue weighted by atomic mass is 79.9. The molecule has 7 heteroatoms. The second-order valence-electron chi connectivity index (χ2n) is 7.12. The Labute approximate surface area is 171 Å². The summed E-state index contributed by atoms with van der Waals surface area (Å²) >= 11 is 3.48. The van der Waals surface area contributed by atoms with Gasteiger partial charge in [-0.1, -0.05) is 24.3 Å². The molecule has 146 valence electrons. The molecule has 5 nitrogen and oxygen atoms in total. The predicted octanol–water partition coefficient (Wildman–Crippen LogP) is 3.29. The lowest BCUT2D eigenvalue weighted by Crippen LogP contribution is -2.51. The zero-order chi connectivity index (χ0) is 19.7. The molecule has 1 atom stereocenters. The van der Waals surface area contributed by atoms with Gasteiger partial charge >= 0.3 is 0 Å². The molecular formula is C21H21BrFN3O2. The molecule has 0 saturated carbocycles. The van der Waals surface area contributed by atoms with Crippen molar-refractivity contribution in [2.24, 2.45) is 5.92 Å². The van der Waals surface area contributed by atoms with Crippen molar-refractivity contribution in [3.8, 4) is 0 Å². The number of piperazine rings is 1. The smallest absolute Gasteiger partial charge is 0.228 e. The van der Waals surface area contributed by atoms with E-state index in [2.05, 4.69) is 15.9 Å². The number of rotatable bonds is 3. The summed E-state index contributed by atoms with van der Waals surface area (Å²) < 4.78 is 14.8. The summed E-state index contributed by atoms with van der Waals surface area (Å²) in [5.74, 6) is -0.598. The summed E-state index contributed by atoms with van der Waals surface area (Å²) in [6.07, 6.45) is 0.230. The number of carbonyl (C=O) groups excluding carboxylic acids is 2. The van der Waals surface area contributed by atoms with Crippen molar-refractivity contribution in [3.63, 3.8) is 0 Å². The Morgan fingerprint density at radius 2 is 1.61 bits per heavy atom. The third-order valence-electron chi connectivity index (χ3n) is 5.40. The van der Waals surface area contributed by atoms with Crippen molar-refractivity contribution in [1.82, 2.24) is 4.90 Å². The van der Waals surface area contributed by atoms with E-state index >= 15 is 0 Å². The molecule has 0 aliphatic carbocycles. The maximum atomic E-state index is 14.0. The first-order chi connectivity index (χ1) is 13.5. The van der Waals surface area contributed by atoms with E-state index in [1.807, 2.05) is 35.2 Å². The van der Waals surface area contributed by atoms with E-state index in [1.54, 1.807) is 21.9 Å². The van der Waals surface area contributed by atoms with Crippen LogP contribution in [-0.2, 0) is 9.59 Å². The van der Waals surface area contributed by atoms with Gasteiger partial charge in [0.2, 0.25) is 11.8 Å². The Bertz CT molecular complexity index is 899. The largest absolute Gasteiger partial charge is 0.366 e. The lowest BCUT2D eigenvalue weighted by molar-refractivity contribution is -0.136. The number of benzene rings is 2. The molecule has 0 N–H and O–H groups in total. The standard InChI is InChI=1S/C21H21BrFN3O2/c22-16-5-1-3-7-18(16)26-14-15(13-20(26)27)21(28)25-11-9-24(10-12-25)19-8-4-2-6-17(19)23/h1-8,15H,9-14H2. The monoisotopic (exact) mass is 445 g/mol. The third kappa shape index (κ3) is 3.63. The van der Waals surface area contributed by atoms with Gasteiger partial charge < -0.3 is 14.7 Å². The number of nitrogens with zero attached hydrogens (tertiary/aromatic N) is 3. The van der Waals surface area contributed by atoms with E-state index in [1.165, 1.54) is 6.07 Å². The van der Waals surface area contributed by atoms with Gasteiger partial charge in [-0.25, -0.2) is 4.39 Å². The van der Waals surface area contributed by atoms with Gasteiger partial charge in [-0.15, -0.1) is 0 Å². The highest BCUT2D eigenvalue weighted by molar-refractivity contribution is 9.10. The molecule has 1 unspecified atom stereocenters. The summed E-state index contributed by atoms with van der Waals surface area (Å²) in [7, 11) is 0. The van der Waals surface area contributed by atoms with Crippen LogP contribution in [-0.4, -0.2) is 49.4 Å². The maximum absolute atomic E-state index is 14.0. The Balaban J connectivity index is 1.39. The van der Waals surface area contributed by atoms with Crippen molar-refractivity contribution in [2.75, 3.05) is 42.5 Å². The van der Waals surface area contributed by atoms with Gasteiger partial charge in [-0.05, 0) is 40.2 Å². The number of anilines is 2. The lowest BCUT2D eigenvalue weighted by Gasteiger charge is -2.37. The molecule has 28 heavy (non-hydrogen) atoms. The molecule has 2 heterocycles. The van der Waals surface area contributed by atoms with Crippen molar-refractivity contribution < 1.29 is 14.0 Å². The fourth-order valence-electron chi connectivity index (χ4n) is 3.91. The van der Waals surface area contributed by atoms with E-state index < -0.39 is 0 Å². The van der Waals surface area contributed by atoms with Crippen LogP contribution in [0.4, 0.5) is 15.8 Å². The number of hydrogen-bond donors (Lipinski definition) is 0. The van der Waals surface area contributed by atoms with Gasteiger partial charge in [0.25, 0.3) is 0 Å². The molecule has 0 aromatic heterocycles. The SMILES string of the molecule is O=C(C1CC(=O)N(c2ccccc2Br)C1)N1CCN(c2ccccc2F)CC1. The van der Waals surface area contributed by atoms with E-state index in [0.29, 0.717) is 38.4 Å². The quantitative estimate of drug-likeness (QED) is 0.727. The Morgan fingerprint density at radius 1 is 0.964 bits per heavy atom. The second-order valence-corrected chi connectivity index (χ2v) is 7.97. The van der Waals surface area contributed by atoms with Crippen molar-refractivity contribution in [2.45, 2.75) is 6.42 Å². The predicted molar refractivity (Wildman–Crippen MR) is 110 cm³/mol. The van der Waals surface area contributed by atoms with Crippen LogP contribution in [0, 0.1) is 11.7 Å². The van der Waals surface area contributed by atoms with Crippen LogP contribution in [0.3, 0.4) is 0 Å². The third-order valence-corrected chi connectivity index (χ3v) is 6.07. The summed E-state index contributed by atoms with van der Waals surface area (Å²) in [6.45, 7) is 2.64. The van der Waals surface area contributed by atoms with Crippen LogP contribution >= 0.6 is 15.9 Å². The highest BCUT2D eigenvalue weighted by Crippen LogP contribution is 2.32. The van der Waals surface area contributed by atoms with Gasteiger partial charge in [0.1, 0.15) is 5.82 Å². The van der Waals surface area contributed by atoms with Crippen LogP contribution in [0.5, 0.6) is 0 Å². The minimum absolute atomic E-state index is 0.0103. The molecule has 2 aliphatic heterocycles. The van der Waals surface area contributed by atoms with Crippen LogP contribution in [0.2, 0.25) is 0 Å². The average molecular weight is 446 g/mol. The average Bonchev–Trinajstić information content (AvgIpc) is 3.10. The van der Waals surface area contributed by atoms with E-state index in [4.69, 9.17) is 0 Å². The molecule has 0 spiro atoms. The number of halogens is 2. The second kappa shape index (κ2) is 7.91. The molecule has 2 aliphatic rings. The first-order valence-corrected chi connectivity index (χ1v) is 10.2. The highest BCUT2D eigenvalue weighted by Gasteiger charge is 2.38. The van der Waals surface area contributed by atoms with Crippen molar-refractivity contribution in [3.05, 3.63) is 58.8 Å². The zero-order valence-corrected chi connectivity index (χ0v) is 16.9. The van der Waals surface area contributed by atoms with Gasteiger partial charge in [0, 0.05) is 43.6 Å². The fraction of sp³-hybridized carbons (Fsp3) is 0.333. The summed E-state index contributed by atoms with van der Waals surface area (Å²) in [5.41, 5.74) is 1.37. The summed E-state index contributed by atoms with van der Waals surface area (Å²) in [6, 6.07) is 14.2. The Kier molecular flexibility index (Phi) is 5.35. The lowest BCUT2D eigenvalue weighted by atomic mass is 10.1. The van der Waals surface area contributed by atoms with E-state index in [0.717, 1.165) is 10.2 Å².